The molecule has 0 saturated carbocycles. The fourth-order valence-corrected chi connectivity index (χ4v) is 2.26. The maximum Gasteiger partial charge on any atom is 0.246 e. The number of amides is 2. The number of hydrogen-bond acceptors (Lipinski definition) is 3. The molecule has 1 aromatic rings. The van der Waals surface area contributed by atoms with Gasteiger partial charge < -0.3 is 14.6 Å². The van der Waals surface area contributed by atoms with Crippen molar-refractivity contribution >= 4 is 11.8 Å². The Labute approximate surface area is 113 Å². The summed E-state index contributed by atoms with van der Waals surface area (Å²) in [6, 6.07) is 2.86. The number of nitrogens with zero attached hydrogens (tertiary/aromatic N) is 1. The van der Waals surface area contributed by atoms with Crippen molar-refractivity contribution in [1.29, 1.82) is 0 Å². The van der Waals surface area contributed by atoms with E-state index >= 15 is 0 Å². The molecule has 1 aliphatic rings. The van der Waals surface area contributed by atoms with Crippen LogP contribution < -0.4 is 5.32 Å². The summed E-state index contributed by atoms with van der Waals surface area (Å²) in [5, 5.41) is 2.78. The smallest absolute Gasteiger partial charge is 0.246 e. The quantitative estimate of drug-likeness (QED) is 0.884. The second-order valence-corrected chi connectivity index (χ2v) is 6.02. The number of hydrogen-bond donors (Lipinski definition) is 1. The molecular formula is C14H20N2O3. The molecule has 19 heavy (non-hydrogen) atoms. The predicted molar refractivity (Wildman–Crippen MR) is 70.2 cm³/mol. The van der Waals surface area contributed by atoms with E-state index in [-0.39, 0.29) is 29.8 Å². The average Bonchev–Trinajstić information content (AvgIpc) is 2.83. The highest BCUT2D eigenvalue weighted by Gasteiger charge is 2.42. The van der Waals surface area contributed by atoms with Crippen molar-refractivity contribution in [2.24, 2.45) is 5.41 Å². The predicted octanol–water partition coefficient (Wildman–Crippen LogP) is 1.71. The summed E-state index contributed by atoms with van der Waals surface area (Å²) in [5.74, 6) is 0.504. The Balaban J connectivity index is 2.25. The van der Waals surface area contributed by atoms with E-state index < -0.39 is 6.04 Å². The van der Waals surface area contributed by atoms with E-state index in [0.717, 1.165) is 0 Å². The Morgan fingerprint density at radius 3 is 2.63 bits per heavy atom. The monoisotopic (exact) mass is 264 g/mol. The van der Waals surface area contributed by atoms with Gasteiger partial charge in [0.05, 0.1) is 12.3 Å². The standard InChI is InChI=1S/C14H20N2O3/c1-9(10-6-5-7-19-10)16-8-11(17)15-12(13(16)18)14(2,3)4/h5-7,9,12H,8H2,1-4H3,(H,15,17). The van der Waals surface area contributed by atoms with Crippen LogP contribution in [0.4, 0.5) is 0 Å². The molecule has 1 aromatic heterocycles. The first-order valence-corrected chi connectivity index (χ1v) is 6.44. The van der Waals surface area contributed by atoms with Crippen LogP contribution in [-0.4, -0.2) is 29.3 Å². The van der Waals surface area contributed by atoms with Crippen LogP contribution in [0.15, 0.2) is 22.8 Å². The zero-order chi connectivity index (χ0) is 14.2. The molecule has 2 atom stereocenters. The van der Waals surface area contributed by atoms with Gasteiger partial charge in [0.25, 0.3) is 0 Å². The topological polar surface area (TPSA) is 62.6 Å². The molecule has 2 unspecified atom stereocenters. The van der Waals surface area contributed by atoms with Crippen LogP contribution in [0, 0.1) is 5.41 Å². The first-order chi connectivity index (χ1) is 8.80. The first kappa shape index (κ1) is 13.6. The number of carbonyl (C=O) groups is 2. The second kappa shape index (κ2) is 4.72. The van der Waals surface area contributed by atoms with Crippen LogP contribution in [0.25, 0.3) is 0 Å². The molecule has 1 aliphatic heterocycles. The maximum absolute atomic E-state index is 12.5. The van der Waals surface area contributed by atoms with Gasteiger partial charge in [-0.25, -0.2) is 0 Å². The van der Waals surface area contributed by atoms with Crippen LogP contribution in [0.3, 0.4) is 0 Å². The third-order valence-electron chi connectivity index (χ3n) is 3.44. The number of nitrogens with one attached hydrogen (secondary N) is 1. The highest BCUT2D eigenvalue weighted by Crippen LogP contribution is 2.28. The summed E-state index contributed by atoms with van der Waals surface area (Å²) in [6.45, 7) is 7.77. The lowest BCUT2D eigenvalue weighted by Gasteiger charge is -2.40. The van der Waals surface area contributed by atoms with Crippen molar-refractivity contribution in [1.82, 2.24) is 10.2 Å². The van der Waals surface area contributed by atoms with Gasteiger partial charge in [-0.1, -0.05) is 20.8 Å². The van der Waals surface area contributed by atoms with E-state index in [1.165, 1.54) is 0 Å². The molecule has 0 aliphatic carbocycles. The minimum absolute atomic E-state index is 0.0593. The Morgan fingerprint density at radius 1 is 1.42 bits per heavy atom. The molecule has 104 valence electrons. The first-order valence-electron chi connectivity index (χ1n) is 6.44. The van der Waals surface area contributed by atoms with Gasteiger partial charge in [0, 0.05) is 0 Å². The third-order valence-corrected chi connectivity index (χ3v) is 3.44. The summed E-state index contributed by atoms with van der Waals surface area (Å²) in [7, 11) is 0. The van der Waals surface area contributed by atoms with Gasteiger partial charge in [-0.3, -0.25) is 9.59 Å². The Bertz CT molecular complexity index is 473. The molecule has 0 radical (unpaired) electrons. The van der Waals surface area contributed by atoms with E-state index in [4.69, 9.17) is 4.42 Å². The van der Waals surface area contributed by atoms with Gasteiger partial charge in [0.1, 0.15) is 18.3 Å². The molecule has 0 aromatic carbocycles. The Hall–Kier alpha value is -1.78. The largest absolute Gasteiger partial charge is 0.467 e. The van der Waals surface area contributed by atoms with Crippen molar-refractivity contribution in [2.45, 2.75) is 39.8 Å². The molecule has 0 bridgehead atoms. The molecule has 0 spiro atoms. The highest BCUT2D eigenvalue weighted by atomic mass is 16.3. The number of furan rings is 1. The van der Waals surface area contributed by atoms with Crippen LogP contribution in [0.2, 0.25) is 0 Å². The summed E-state index contributed by atoms with van der Waals surface area (Å²) in [6.07, 6.45) is 1.57. The summed E-state index contributed by atoms with van der Waals surface area (Å²) in [4.78, 5) is 25.9. The number of rotatable bonds is 2. The molecule has 5 heteroatoms. The second-order valence-electron chi connectivity index (χ2n) is 6.02. The zero-order valence-corrected chi connectivity index (χ0v) is 11.8. The molecule has 5 nitrogen and oxygen atoms in total. The minimum Gasteiger partial charge on any atom is -0.467 e. The highest BCUT2D eigenvalue weighted by molar-refractivity contribution is 5.95. The van der Waals surface area contributed by atoms with Crippen molar-refractivity contribution in [2.75, 3.05) is 6.54 Å². The fraction of sp³-hybridized carbons (Fsp3) is 0.571. The summed E-state index contributed by atoms with van der Waals surface area (Å²) >= 11 is 0. The molecule has 2 heterocycles. The van der Waals surface area contributed by atoms with Crippen LogP contribution in [0.5, 0.6) is 0 Å². The van der Waals surface area contributed by atoms with E-state index in [1.807, 2.05) is 33.8 Å². The number of carbonyl (C=O) groups excluding carboxylic acids is 2. The van der Waals surface area contributed by atoms with Gasteiger partial charge in [-0.15, -0.1) is 0 Å². The molecule has 2 amide bonds. The molecule has 1 fully saturated rings. The van der Waals surface area contributed by atoms with Gasteiger partial charge in [0.2, 0.25) is 11.8 Å². The van der Waals surface area contributed by atoms with E-state index in [9.17, 15) is 9.59 Å². The van der Waals surface area contributed by atoms with E-state index in [0.29, 0.717) is 5.76 Å². The SMILES string of the molecule is CC(c1ccco1)N1CC(=O)NC(C(C)(C)C)C1=O. The van der Waals surface area contributed by atoms with Crippen LogP contribution >= 0.6 is 0 Å². The molecule has 1 N–H and O–H groups in total. The van der Waals surface area contributed by atoms with Crippen molar-refractivity contribution in [3.8, 4) is 0 Å². The van der Waals surface area contributed by atoms with Gasteiger partial charge in [0.15, 0.2) is 0 Å². The fourth-order valence-electron chi connectivity index (χ4n) is 2.26. The summed E-state index contributed by atoms with van der Waals surface area (Å²) < 4.78 is 5.33. The van der Waals surface area contributed by atoms with Gasteiger partial charge in [-0.2, -0.15) is 0 Å². The lowest BCUT2D eigenvalue weighted by Crippen LogP contribution is -2.62. The van der Waals surface area contributed by atoms with Crippen molar-refractivity contribution in [3.63, 3.8) is 0 Å². The lowest BCUT2D eigenvalue weighted by molar-refractivity contribution is -0.149. The van der Waals surface area contributed by atoms with E-state index in [2.05, 4.69) is 5.32 Å². The molecule has 1 saturated heterocycles. The molecule has 2 rings (SSSR count). The molecular weight excluding hydrogens is 244 g/mol. The maximum atomic E-state index is 12.5. The van der Waals surface area contributed by atoms with Gasteiger partial charge >= 0.3 is 0 Å². The van der Waals surface area contributed by atoms with Crippen molar-refractivity contribution < 1.29 is 14.0 Å². The Kier molecular flexibility index (Phi) is 3.39. The van der Waals surface area contributed by atoms with Gasteiger partial charge in [-0.05, 0) is 24.5 Å². The van der Waals surface area contributed by atoms with Crippen LogP contribution in [0.1, 0.15) is 39.5 Å². The minimum atomic E-state index is -0.494. The Morgan fingerprint density at radius 2 is 2.11 bits per heavy atom. The normalized spacial score (nSPS) is 22.3. The lowest BCUT2D eigenvalue weighted by atomic mass is 9.84. The third kappa shape index (κ3) is 2.64. The van der Waals surface area contributed by atoms with E-state index in [1.54, 1.807) is 17.2 Å². The zero-order valence-electron chi connectivity index (χ0n) is 11.8. The number of piperazine rings is 1. The summed E-state index contributed by atoms with van der Waals surface area (Å²) in [5.41, 5.74) is -0.311. The van der Waals surface area contributed by atoms with Crippen LogP contribution in [-0.2, 0) is 9.59 Å². The average molecular weight is 264 g/mol. The van der Waals surface area contributed by atoms with Crippen molar-refractivity contribution in [3.05, 3.63) is 24.2 Å².